The normalized spacial score (nSPS) is 12.8. The number of ether oxygens (including phenoxy) is 2. The van der Waals surface area contributed by atoms with Gasteiger partial charge in [0.25, 0.3) is 5.91 Å². The minimum atomic E-state index is -0.961. The summed E-state index contributed by atoms with van der Waals surface area (Å²) < 4.78 is 25.9. The van der Waals surface area contributed by atoms with Gasteiger partial charge in [-0.25, -0.2) is 4.39 Å². The number of rotatable bonds is 14. The molecule has 0 unspecified atom stereocenters. The Kier molecular flexibility index (Phi) is 9.72. The van der Waals surface area contributed by atoms with Crippen LogP contribution in [0.25, 0.3) is 11.1 Å². The van der Waals surface area contributed by atoms with Crippen molar-refractivity contribution in [2.75, 3.05) is 6.61 Å². The summed E-state index contributed by atoms with van der Waals surface area (Å²) >= 11 is 0. The monoisotopic (exact) mass is 549 g/mol. The number of carboxylic acids is 2. The molecule has 40 heavy (non-hydrogen) atoms. The van der Waals surface area contributed by atoms with Gasteiger partial charge < -0.3 is 25.0 Å². The number of hydrogen-bond acceptors (Lipinski definition) is 5. The lowest BCUT2D eigenvalue weighted by atomic mass is 9.92. The van der Waals surface area contributed by atoms with Crippen molar-refractivity contribution in [1.82, 2.24) is 5.32 Å². The molecule has 1 amide bonds. The Morgan fingerprint density at radius 3 is 2.38 bits per heavy atom. The summed E-state index contributed by atoms with van der Waals surface area (Å²) in [6.07, 6.45) is 3.30. The van der Waals surface area contributed by atoms with Gasteiger partial charge in [-0.2, -0.15) is 0 Å². The van der Waals surface area contributed by atoms with E-state index in [4.69, 9.17) is 14.6 Å². The minimum Gasteiger partial charge on any atom is -0.493 e. The van der Waals surface area contributed by atoms with Crippen LogP contribution >= 0.6 is 0 Å². The van der Waals surface area contributed by atoms with Crippen LogP contribution in [0, 0.1) is 5.82 Å². The van der Waals surface area contributed by atoms with Crippen LogP contribution in [0.5, 0.6) is 11.5 Å². The Hall–Kier alpha value is -4.40. The van der Waals surface area contributed by atoms with Crippen LogP contribution in [0.4, 0.5) is 4.39 Å². The van der Waals surface area contributed by atoms with E-state index in [0.29, 0.717) is 45.7 Å². The first-order chi connectivity index (χ1) is 19.3. The summed E-state index contributed by atoms with van der Waals surface area (Å²) in [5.41, 5.74) is 2.97. The van der Waals surface area contributed by atoms with Gasteiger partial charge in [0.1, 0.15) is 23.9 Å². The minimum absolute atomic E-state index is 0.0361. The van der Waals surface area contributed by atoms with Gasteiger partial charge in [0.15, 0.2) is 0 Å². The molecule has 0 saturated heterocycles. The number of amides is 1. The highest BCUT2D eigenvalue weighted by Gasteiger charge is 2.21. The van der Waals surface area contributed by atoms with E-state index in [9.17, 15) is 23.9 Å². The average Bonchev–Trinajstić information content (AvgIpc) is 2.90. The van der Waals surface area contributed by atoms with E-state index in [1.165, 1.54) is 12.1 Å². The van der Waals surface area contributed by atoms with Crippen molar-refractivity contribution in [3.63, 3.8) is 0 Å². The lowest BCUT2D eigenvalue weighted by molar-refractivity contribution is -0.138. The number of benzene rings is 3. The lowest BCUT2D eigenvalue weighted by Gasteiger charge is -2.26. The maximum Gasteiger partial charge on any atom is 0.303 e. The van der Waals surface area contributed by atoms with Crippen molar-refractivity contribution in [1.29, 1.82) is 0 Å². The quantitative estimate of drug-likeness (QED) is 0.223. The molecule has 0 spiro atoms. The van der Waals surface area contributed by atoms with E-state index < -0.39 is 17.8 Å². The Balaban J connectivity index is 1.58. The highest BCUT2D eigenvalue weighted by atomic mass is 19.1. The molecular formula is C31H32FNO7. The standard InChI is InChI=1S/C31H32FNO7/c32-24-7-1-5-20(16-24)22-15-23(31(38)33-25-8-3-9-25)18-26(17-22)40-19-21-6-2-10-28(27(21)12-13-30(36)37)39-14-4-11-29(34)35/h1-2,5-7,10,15-18,25H,3-4,8-9,11-14,19H2,(H,33,38)(H,34,35)(H,36,37). The molecule has 0 bridgehead atoms. The van der Waals surface area contributed by atoms with Crippen LogP contribution in [-0.2, 0) is 22.6 Å². The maximum atomic E-state index is 14.0. The molecule has 3 aromatic rings. The predicted octanol–water partition coefficient (Wildman–Crippen LogP) is 5.61. The molecule has 3 aromatic carbocycles. The third kappa shape index (κ3) is 8.05. The Labute approximate surface area is 231 Å². The summed E-state index contributed by atoms with van der Waals surface area (Å²) in [5.74, 6) is -1.63. The molecule has 9 heteroatoms. The third-order valence-electron chi connectivity index (χ3n) is 6.77. The molecule has 8 nitrogen and oxygen atoms in total. The van der Waals surface area contributed by atoms with Gasteiger partial charge in [-0.3, -0.25) is 14.4 Å². The summed E-state index contributed by atoms with van der Waals surface area (Å²) in [7, 11) is 0. The number of carbonyl (C=O) groups excluding carboxylic acids is 1. The summed E-state index contributed by atoms with van der Waals surface area (Å²) in [6, 6.07) is 16.6. The number of carbonyl (C=O) groups is 3. The molecule has 3 N–H and O–H groups in total. The Bertz CT molecular complexity index is 1370. The zero-order chi connectivity index (χ0) is 28.5. The number of nitrogens with one attached hydrogen (secondary N) is 1. The second kappa shape index (κ2) is 13.6. The molecule has 1 saturated carbocycles. The largest absolute Gasteiger partial charge is 0.493 e. The first-order valence-corrected chi connectivity index (χ1v) is 13.3. The van der Waals surface area contributed by atoms with Crippen molar-refractivity contribution >= 4 is 17.8 Å². The summed E-state index contributed by atoms with van der Waals surface area (Å²) in [6.45, 7) is 0.239. The van der Waals surface area contributed by atoms with Crippen LogP contribution in [0.1, 0.15) is 60.0 Å². The van der Waals surface area contributed by atoms with Crippen molar-refractivity contribution in [2.24, 2.45) is 0 Å². The van der Waals surface area contributed by atoms with E-state index in [-0.39, 0.29) is 44.4 Å². The van der Waals surface area contributed by atoms with E-state index in [1.807, 2.05) is 6.07 Å². The molecule has 0 aromatic heterocycles. The van der Waals surface area contributed by atoms with Gasteiger partial charge in [0.05, 0.1) is 6.61 Å². The molecule has 4 rings (SSSR count). The third-order valence-corrected chi connectivity index (χ3v) is 6.77. The molecule has 0 radical (unpaired) electrons. The first kappa shape index (κ1) is 28.6. The van der Waals surface area contributed by atoms with Crippen molar-refractivity contribution in [2.45, 2.75) is 57.6 Å². The van der Waals surface area contributed by atoms with Crippen LogP contribution in [0.15, 0.2) is 60.7 Å². The molecule has 0 atom stereocenters. The second-order valence-electron chi connectivity index (χ2n) is 9.78. The SMILES string of the molecule is O=C(O)CCCOc1cccc(COc2cc(C(=O)NC3CCC3)cc(-c3cccc(F)c3)c2)c1CCC(=O)O. The maximum absolute atomic E-state index is 14.0. The van der Waals surface area contributed by atoms with Crippen molar-refractivity contribution < 1.29 is 38.5 Å². The topological polar surface area (TPSA) is 122 Å². The van der Waals surface area contributed by atoms with Gasteiger partial charge in [0.2, 0.25) is 0 Å². The number of aliphatic carboxylic acids is 2. The summed E-state index contributed by atoms with van der Waals surface area (Å²) in [4.78, 5) is 35.1. The fraction of sp³-hybridized carbons (Fsp3) is 0.323. The number of carboxylic acid groups (broad SMARTS) is 2. The number of halogens is 1. The van der Waals surface area contributed by atoms with Gasteiger partial charge in [-0.15, -0.1) is 0 Å². The zero-order valence-electron chi connectivity index (χ0n) is 22.0. The average molecular weight is 550 g/mol. The van der Waals surface area contributed by atoms with Crippen LogP contribution in [-0.4, -0.2) is 40.7 Å². The van der Waals surface area contributed by atoms with Gasteiger partial charge >= 0.3 is 11.9 Å². The Morgan fingerprint density at radius 2 is 1.68 bits per heavy atom. The van der Waals surface area contributed by atoms with E-state index >= 15 is 0 Å². The van der Waals surface area contributed by atoms with E-state index in [0.717, 1.165) is 19.3 Å². The molecule has 1 aliphatic rings. The molecule has 1 aliphatic carbocycles. The van der Waals surface area contributed by atoms with Crippen molar-refractivity contribution in [3.8, 4) is 22.6 Å². The molecule has 0 heterocycles. The fourth-order valence-corrected chi connectivity index (χ4v) is 4.43. The van der Waals surface area contributed by atoms with Gasteiger partial charge in [-0.1, -0.05) is 24.3 Å². The van der Waals surface area contributed by atoms with E-state index in [1.54, 1.807) is 42.5 Å². The smallest absolute Gasteiger partial charge is 0.303 e. The molecular weight excluding hydrogens is 517 g/mol. The summed E-state index contributed by atoms with van der Waals surface area (Å²) in [5, 5.41) is 21.2. The van der Waals surface area contributed by atoms with Crippen LogP contribution in [0.2, 0.25) is 0 Å². The van der Waals surface area contributed by atoms with Crippen molar-refractivity contribution in [3.05, 3.63) is 83.2 Å². The number of hydrogen-bond donors (Lipinski definition) is 3. The Morgan fingerprint density at radius 1 is 0.900 bits per heavy atom. The fourth-order valence-electron chi connectivity index (χ4n) is 4.43. The first-order valence-electron chi connectivity index (χ1n) is 13.3. The highest BCUT2D eigenvalue weighted by molar-refractivity contribution is 5.96. The zero-order valence-corrected chi connectivity index (χ0v) is 22.0. The lowest BCUT2D eigenvalue weighted by Crippen LogP contribution is -2.39. The second-order valence-corrected chi connectivity index (χ2v) is 9.78. The molecule has 1 fully saturated rings. The van der Waals surface area contributed by atoms with E-state index in [2.05, 4.69) is 5.32 Å². The predicted molar refractivity (Wildman–Crippen MR) is 146 cm³/mol. The van der Waals surface area contributed by atoms with Gasteiger partial charge in [0, 0.05) is 30.0 Å². The van der Waals surface area contributed by atoms with Crippen LogP contribution in [0.3, 0.4) is 0 Å². The highest BCUT2D eigenvalue weighted by Crippen LogP contribution is 2.30. The molecule has 0 aliphatic heterocycles. The molecule has 210 valence electrons. The van der Waals surface area contributed by atoms with Gasteiger partial charge in [-0.05, 0) is 85.2 Å². The van der Waals surface area contributed by atoms with Crippen LogP contribution < -0.4 is 14.8 Å².